The molecule has 3 unspecified atom stereocenters. The summed E-state index contributed by atoms with van der Waals surface area (Å²) < 4.78 is 17.4. The number of nitrogens with two attached hydrogens (primary N) is 1. The lowest BCUT2D eigenvalue weighted by Gasteiger charge is -2.40. The molecule has 0 saturated heterocycles. The summed E-state index contributed by atoms with van der Waals surface area (Å²) >= 11 is 12.9. The van der Waals surface area contributed by atoms with Crippen molar-refractivity contribution in [1.82, 2.24) is 5.43 Å². The zero-order chi connectivity index (χ0) is 22.1. The van der Waals surface area contributed by atoms with Crippen molar-refractivity contribution in [2.45, 2.75) is 25.5 Å². The maximum atomic E-state index is 7.57. The number of aliphatic hydroxyl groups is 1. The highest BCUT2D eigenvalue weighted by molar-refractivity contribution is 6.31. The van der Waals surface area contributed by atoms with Crippen LogP contribution in [0.2, 0.25) is 0 Å². The fourth-order valence-corrected chi connectivity index (χ4v) is 4.26. The van der Waals surface area contributed by atoms with Gasteiger partial charge in [-0.1, -0.05) is 35.9 Å². The zero-order valence-electron chi connectivity index (χ0n) is 17.4. The summed E-state index contributed by atoms with van der Waals surface area (Å²) in [5.74, 6) is 7.69. The van der Waals surface area contributed by atoms with Crippen LogP contribution >= 0.6 is 23.2 Å². The van der Waals surface area contributed by atoms with Gasteiger partial charge in [0.2, 0.25) is 0 Å². The van der Waals surface area contributed by atoms with Crippen molar-refractivity contribution in [3.63, 3.8) is 0 Å². The van der Waals surface area contributed by atoms with E-state index in [0.717, 1.165) is 5.56 Å². The number of nitrogens with zero attached hydrogens (tertiary/aromatic N) is 1. The summed E-state index contributed by atoms with van der Waals surface area (Å²) in [5, 5.41) is 8.16. The van der Waals surface area contributed by atoms with Crippen molar-refractivity contribution in [1.29, 1.82) is 0 Å². The van der Waals surface area contributed by atoms with Crippen LogP contribution in [0.15, 0.2) is 46.5 Å². The van der Waals surface area contributed by atoms with Gasteiger partial charge in [0.05, 0.1) is 26.4 Å². The van der Waals surface area contributed by atoms with Gasteiger partial charge in [-0.25, -0.2) is 5.84 Å². The fraction of sp³-hybridized carbons (Fsp3) is 0.476. The van der Waals surface area contributed by atoms with E-state index in [1.807, 2.05) is 36.4 Å². The highest BCUT2D eigenvalue weighted by Crippen LogP contribution is 2.50. The van der Waals surface area contributed by atoms with Gasteiger partial charge in [0.25, 0.3) is 0 Å². The predicted octanol–water partition coefficient (Wildman–Crippen LogP) is 3.31. The summed E-state index contributed by atoms with van der Waals surface area (Å²) in [4.78, 5) is 4.63. The molecule has 1 aliphatic carbocycles. The van der Waals surface area contributed by atoms with Crippen LogP contribution in [-0.4, -0.2) is 50.3 Å². The Morgan fingerprint density at radius 2 is 2.10 bits per heavy atom. The first kappa shape index (κ1) is 24.5. The van der Waals surface area contributed by atoms with E-state index in [1.165, 1.54) is 0 Å². The fourth-order valence-electron chi connectivity index (χ4n) is 3.64. The first-order valence-corrected chi connectivity index (χ1v) is 10.5. The minimum Gasteiger partial charge on any atom is -0.493 e. The monoisotopic (exact) mass is 457 g/mol. The molecule has 0 radical (unpaired) electrons. The van der Waals surface area contributed by atoms with Crippen molar-refractivity contribution in [3.05, 3.63) is 47.0 Å². The molecule has 30 heavy (non-hydrogen) atoms. The van der Waals surface area contributed by atoms with Gasteiger partial charge in [-0.15, -0.1) is 11.6 Å². The number of rotatable bonds is 4. The number of alkyl halides is 1. The molecule has 0 aromatic heterocycles. The van der Waals surface area contributed by atoms with Crippen molar-refractivity contribution in [2.75, 3.05) is 33.3 Å². The van der Waals surface area contributed by atoms with E-state index in [0.29, 0.717) is 34.7 Å². The van der Waals surface area contributed by atoms with E-state index in [2.05, 4.69) is 10.4 Å². The molecule has 0 saturated carbocycles. The van der Waals surface area contributed by atoms with Gasteiger partial charge in [-0.05, 0) is 25.5 Å². The van der Waals surface area contributed by atoms with Crippen LogP contribution in [-0.2, 0) is 4.74 Å². The summed E-state index contributed by atoms with van der Waals surface area (Å²) in [6, 6.07) is 5.55. The summed E-state index contributed by atoms with van der Waals surface area (Å²) in [6.07, 6.45) is 5.92. The topological polar surface area (TPSA) is 98.3 Å². The number of hydrogen-bond acceptors (Lipinski definition) is 7. The van der Waals surface area contributed by atoms with Gasteiger partial charge < -0.3 is 24.7 Å². The van der Waals surface area contributed by atoms with Crippen molar-refractivity contribution < 1.29 is 19.3 Å². The van der Waals surface area contributed by atoms with Gasteiger partial charge in [0.1, 0.15) is 12.4 Å². The van der Waals surface area contributed by atoms with Gasteiger partial charge in [-0.3, -0.25) is 4.99 Å². The van der Waals surface area contributed by atoms with E-state index in [9.17, 15) is 0 Å². The van der Waals surface area contributed by atoms with Crippen LogP contribution in [0.25, 0.3) is 0 Å². The normalized spacial score (nSPS) is 25.4. The Bertz CT molecular complexity index is 800. The molecule has 4 N–H and O–H groups in total. The van der Waals surface area contributed by atoms with Gasteiger partial charge in [0, 0.05) is 28.5 Å². The van der Waals surface area contributed by atoms with Gasteiger partial charge in [0.15, 0.2) is 11.5 Å². The number of nitrogens with one attached hydrogen (secondary N) is 1. The molecule has 166 valence electrons. The van der Waals surface area contributed by atoms with Crippen molar-refractivity contribution >= 4 is 29.0 Å². The minimum atomic E-state index is -0.587. The van der Waals surface area contributed by atoms with E-state index in [1.54, 1.807) is 21.1 Å². The second-order valence-corrected chi connectivity index (χ2v) is 7.54. The molecular formula is C21H29Cl2N3O4. The first-order chi connectivity index (χ1) is 14.5. The third-order valence-electron chi connectivity index (χ3n) is 4.85. The third kappa shape index (κ3) is 5.47. The van der Waals surface area contributed by atoms with Crippen molar-refractivity contribution in [3.8, 4) is 11.5 Å². The second-order valence-electron chi connectivity index (χ2n) is 6.84. The number of para-hydroxylation sites is 1. The Balaban J connectivity index is 0.00000101. The molecule has 1 heterocycles. The zero-order valence-corrected chi connectivity index (χ0v) is 18.9. The highest BCUT2D eigenvalue weighted by Gasteiger charge is 2.44. The highest BCUT2D eigenvalue weighted by atomic mass is 35.5. The Morgan fingerprint density at radius 3 is 2.70 bits per heavy atom. The van der Waals surface area contributed by atoms with Crippen molar-refractivity contribution in [2.24, 2.45) is 16.3 Å². The van der Waals surface area contributed by atoms with Gasteiger partial charge in [-0.2, -0.15) is 0 Å². The maximum absolute atomic E-state index is 7.57. The number of aliphatic hydroxyl groups excluding tert-OH is 1. The van der Waals surface area contributed by atoms with Crippen LogP contribution in [0.5, 0.6) is 11.5 Å². The molecule has 1 aromatic rings. The summed E-state index contributed by atoms with van der Waals surface area (Å²) in [7, 11) is 3.20. The van der Waals surface area contributed by atoms with Crippen LogP contribution < -0.4 is 20.7 Å². The van der Waals surface area contributed by atoms with E-state index < -0.39 is 11.5 Å². The molecule has 7 nitrogen and oxygen atoms in total. The average Bonchev–Trinajstić information content (AvgIpc) is 2.92. The molecule has 2 aliphatic rings. The SMILES string of the molecule is CCO.COc1cccc(C2OCC(NN)=NC3C=CC(Cl)=CC2(CCl)C3)c1OC. The van der Waals surface area contributed by atoms with Gasteiger partial charge >= 0.3 is 0 Å². The number of hydrazine groups is 1. The number of aliphatic imine (C=N–C) groups is 1. The minimum absolute atomic E-state index is 0.134. The first-order valence-electron chi connectivity index (χ1n) is 9.57. The predicted molar refractivity (Wildman–Crippen MR) is 120 cm³/mol. The largest absolute Gasteiger partial charge is 0.493 e. The lowest BCUT2D eigenvalue weighted by molar-refractivity contribution is -0.00360. The molecule has 1 aromatic carbocycles. The Labute approximate surface area is 187 Å². The number of amidine groups is 1. The summed E-state index contributed by atoms with van der Waals surface area (Å²) in [6.45, 7) is 2.13. The molecule has 0 fully saturated rings. The number of allylic oxidation sites excluding steroid dienone is 2. The van der Waals surface area contributed by atoms with Crippen LogP contribution in [0.4, 0.5) is 0 Å². The lowest BCUT2D eigenvalue weighted by Crippen LogP contribution is -2.42. The molecule has 0 spiro atoms. The Hall–Kier alpha value is -1.77. The molecule has 0 amide bonds. The molecular weight excluding hydrogens is 429 g/mol. The quantitative estimate of drug-likeness (QED) is 0.364. The molecule has 3 atom stereocenters. The molecule has 1 aliphatic heterocycles. The number of ether oxygens (including phenoxy) is 3. The lowest BCUT2D eigenvalue weighted by atomic mass is 9.75. The Morgan fingerprint density at radius 1 is 1.37 bits per heavy atom. The number of halogens is 2. The van der Waals surface area contributed by atoms with E-state index in [4.69, 9.17) is 48.4 Å². The molecule has 2 bridgehead atoms. The standard InChI is InChI=1S/C19H23Cl2N3O3.C2H6O/c1-25-15-5-3-4-14(17(15)26-2)18-19(11-20)8-12(21)6-7-13(9-19)23-16(24-22)10-27-18;1-2-3/h3-8,13,18H,9-11,22H2,1-2H3,(H,23,24);3H,2H2,1H3. The van der Waals surface area contributed by atoms with Crippen LogP contribution in [0, 0.1) is 5.41 Å². The number of fused-ring (bicyclic) bond motifs is 2. The van der Waals surface area contributed by atoms with E-state index >= 15 is 0 Å². The van der Waals surface area contributed by atoms with E-state index in [-0.39, 0.29) is 19.3 Å². The summed E-state index contributed by atoms with van der Waals surface area (Å²) in [5.41, 5.74) is 2.86. The third-order valence-corrected chi connectivity index (χ3v) is 5.59. The maximum Gasteiger partial charge on any atom is 0.166 e. The number of benzene rings is 1. The van der Waals surface area contributed by atoms with Crippen LogP contribution in [0.1, 0.15) is 25.0 Å². The average molecular weight is 458 g/mol. The number of methoxy groups -OCH3 is 2. The smallest absolute Gasteiger partial charge is 0.166 e. The Kier molecular flexibility index (Phi) is 9.45. The molecule has 9 heteroatoms. The second kappa shape index (κ2) is 11.6. The molecule has 3 rings (SSSR count). The van der Waals surface area contributed by atoms with Crippen LogP contribution in [0.3, 0.4) is 0 Å². The number of hydrogen-bond donors (Lipinski definition) is 3.